The van der Waals surface area contributed by atoms with E-state index in [1.165, 1.54) is 0 Å². The fraction of sp³-hybridized carbons (Fsp3) is 0.500. The molecule has 6 heteroatoms. The molecule has 0 fully saturated rings. The van der Waals surface area contributed by atoms with Crippen molar-refractivity contribution in [2.45, 2.75) is 43.7 Å². The van der Waals surface area contributed by atoms with Gasteiger partial charge in [-0.2, -0.15) is 0 Å². The number of hydrogen-bond acceptors (Lipinski definition) is 3. The third kappa shape index (κ3) is 3.66. The second kappa shape index (κ2) is 5.07. The highest BCUT2D eigenvalue weighted by Gasteiger charge is 2.38. The van der Waals surface area contributed by atoms with Gasteiger partial charge in [0.25, 0.3) is 0 Å². The van der Waals surface area contributed by atoms with Crippen molar-refractivity contribution < 1.29 is 13.5 Å². The van der Waals surface area contributed by atoms with Crippen molar-refractivity contribution in [3.05, 3.63) is 27.8 Å². The Labute approximate surface area is 122 Å². The van der Waals surface area contributed by atoms with Crippen LogP contribution in [0.1, 0.15) is 27.7 Å². The predicted molar refractivity (Wildman–Crippen MR) is 79.9 cm³/mol. The standard InChI is InChI=1S/C12H18INO3S/c1-11(2,12(3,4)15)14-18(16,17)10-7-5-9(13)6-8-10/h5-8,14-15H,1-4H3. The van der Waals surface area contributed by atoms with Gasteiger partial charge in [-0.05, 0) is 74.6 Å². The van der Waals surface area contributed by atoms with Crippen molar-refractivity contribution >= 4 is 32.6 Å². The molecule has 102 valence electrons. The first kappa shape index (κ1) is 15.9. The zero-order valence-electron chi connectivity index (χ0n) is 10.9. The number of benzene rings is 1. The number of rotatable bonds is 4. The van der Waals surface area contributed by atoms with Crippen LogP contribution in [0.25, 0.3) is 0 Å². The van der Waals surface area contributed by atoms with Crippen LogP contribution in [0.4, 0.5) is 0 Å². The van der Waals surface area contributed by atoms with Gasteiger partial charge < -0.3 is 5.11 Å². The lowest BCUT2D eigenvalue weighted by Gasteiger charge is -2.37. The van der Waals surface area contributed by atoms with E-state index in [9.17, 15) is 13.5 Å². The Kier molecular flexibility index (Phi) is 4.47. The summed E-state index contributed by atoms with van der Waals surface area (Å²) in [5.41, 5.74) is -2.13. The summed E-state index contributed by atoms with van der Waals surface area (Å²) in [5.74, 6) is 0. The highest BCUT2D eigenvalue weighted by atomic mass is 127. The van der Waals surface area contributed by atoms with Gasteiger partial charge in [0.1, 0.15) is 0 Å². The van der Waals surface area contributed by atoms with Gasteiger partial charge in [0.05, 0.1) is 16.0 Å². The van der Waals surface area contributed by atoms with Gasteiger partial charge in [-0.3, -0.25) is 0 Å². The van der Waals surface area contributed by atoms with Gasteiger partial charge in [0, 0.05) is 3.57 Å². The van der Waals surface area contributed by atoms with Crippen molar-refractivity contribution in [3.63, 3.8) is 0 Å². The van der Waals surface area contributed by atoms with Crippen molar-refractivity contribution in [1.29, 1.82) is 0 Å². The highest BCUT2D eigenvalue weighted by Crippen LogP contribution is 2.23. The van der Waals surface area contributed by atoms with Crippen LogP contribution >= 0.6 is 22.6 Å². The normalized spacial score (nSPS) is 13.7. The topological polar surface area (TPSA) is 66.4 Å². The van der Waals surface area contributed by atoms with E-state index in [-0.39, 0.29) is 4.90 Å². The molecular formula is C12H18INO3S. The lowest BCUT2D eigenvalue weighted by atomic mass is 9.87. The molecule has 0 aromatic heterocycles. The molecule has 1 rings (SSSR count). The van der Waals surface area contributed by atoms with Crippen molar-refractivity contribution in [2.75, 3.05) is 0 Å². The molecule has 0 aliphatic rings. The quantitative estimate of drug-likeness (QED) is 0.783. The maximum Gasteiger partial charge on any atom is 0.241 e. The molecule has 0 bridgehead atoms. The van der Waals surface area contributed by atoms with E-state index in [0.29, 0.717) is 0 Å². The number of nitrogens with one attached hydrogen (secondary N) is 1. The minimum Gasteiger partial charge on any atom is -0.389 e. The molecule has 0 saturated carbocycles. The molecule has 0 aliphatic heterocycles. The molecule has 1 aromatic carbocycles. The number of sulfonamides is 1. The molecule has 0 radical (unpaired) electrons. The SMILES string of the molecule is CC(C)(O)C(C)(C)NS(=O)(=O)c1ccc(I)cc1. The Bertz CT molecular complexity index is 515. The third-order valence-electron chi connectivity index (χ3n) is 3.04. The van der Waals surface area contributed by atoms with Gasteiger partial charge in [-0.1, -0.05) is 0 Å². The molecular weight excluding hydrogens is 365 g/mol. The van der Waals surface area contributed by atoms with Gasteiger partial charge >= 0.3 is 0 Å². The number of aliphatic hydroxyl groups is 1. The Morgan fingerprint density at radius 1 is 1.11 bits per heavy atom. The first-order valence-electron chi connectivity index (χ1n) is 5.48. The van der Waals surface area contributed by atoms with E-state index in [0.717, 1.165) is 3.57 Å². The van der Waals surface area contributed by atoms with Crippen molar-refractivity contribution in [1.82, 2.24) is 4.72 Å². The highest BCUT2D eigenvalue weighted by molar-refractivity contribution is 14.1. The molecule has 0 heterocycles. The van der Waals surface area contributed by atoms with Crippen LogP contribution in [-0.2, 0) is 10.0 Å². The maximum atomic E-state index is 12.2. The van der Waals surface area contributed by atoms with Crippen LogP contribution < -0.4 is 4.72 Å². The van der Waals surface area contributed by atoms with E-state index in [4.69, 9.17) is 0 Å². The average Bonchev–Trinajstić information content (AvgIpc) is 2.14. The lowest BCUT2D eigenvalue weighted by Crippen LogP contribution is -2.57. The predicted octanol–water partition coefficient (Wildman–Crippen LogP) is 2.12. The molecule has 2 N–H and O–H groups in total. The summed E-state index contributed by atoms with van der Waals surface area (Å²) in [6.07, 6.45) is 0. The zero-order valence-corrected chi connectivity index (χ0v) is 13.8. The first-order chi connectivity index (χ1) is 7.96. The molecule has 0 amide bonds. The van der Waals surface area contributed by atoms with E-state index in [2.05, 4.69) is 27.3 Å². The van der Waals surface area contributed by atoms with Crippen LogP contribution in [0, 0.1) is 3.57 Å². The van der Waals surface area contributed by atoms with Crippen LogP contribution in [0.15, 0.2) is 29.2 Å². The third-order valence-corrected chi connectivity index (χ3v) is 5.43. The number of halogens is 1. The Morgan fingerprint density at radius 3 is 1.94 bits per heavy atom. The fourth-order valence-corrected chi connectivity index (χ4v) is 3.03. The number of hydrogen-bond donors (Lipinski definition) is 2. The molecule has 18 heavy (non-hydrogen) atoms. The second-order valence-electron chi connectivity index (χ2n) is 5.24. The van der Waals surface area contributed by atoms with Crippen molar-refractivity contribution in [3.8, 4) is 0 Å². The van der Waals surface area contributed by atoms with E-state index in [1.54, 1.807) is 52.0 Å². The molecule has 0 aliphatic carbocycles. The lowest BCUT2D eigenvalue weighted by molar-refractivity contribution is 0.00639. The van der Waals surface area contributed by atoms with Crippen LogP contribution in [0.2, 0.25) is 0 Å². The Balaban J connectivity index is 3.07. The maximum absolute atomic E-state index is 12.2. The fourth-order valence-electron chi connectivity index (χ4n) is 1.13. The molecule has 0 saturated heterocycles. The zero-order chi connectivity index (χ0) is 14.2. The smallest absolute Gasteiger partial charge is 0.241 e. The summed E-state index contributed by atoms with van der Waals surface area (Å²) >= 11 is 2.11. The summed E-state index contributed by atoms with van der Waals surface area (Å²) in [7, 11) is -3.63. The summed E-state index contributed by atoms with van der Waals surface area (Å²) in [4.78, 5) is 0.195. The summed E-state index contributed by atoms with van der Waals surface area (Å²) in [5, 5.41) is 9.97. The Morgan fingerprint density at radius 2 is 1.56 bits per heavy atom. The van der Waals surface area contributed by atoms with Gasteiger partial charge in [0.2, 0.25) is 10.0 Å². The molecule has 0 spiro atoms. The van der Waals surface area contributed by atoms with Gasteiger partial charge in [0.15, 0.2) is 0 Å². The Hall–Kier alpha value is -0.180. The van der Waals surface area contributed by atoms with Gasteiger partial charge in [-0.15, -0.1) is 0 Å². The minimum absolute atomic E-state index is 0.195. The summed E-state index contributed by atoms with van der Waals surface area (Å²) in [6, 6.07) is 6.55. The molecule has 0 unspecified atom stereocenters. The van der Waals surface area contributed by atoms with Crippen LogP contribution in [0.5, 0.6) is 0 Å². The van der Waals surface area contributed by atoms with E-state index >= 15 is 0 Å². The molecule has 0 atom stereocenters. The van der Waals surface area contributed by atoms with Crippen LogP contribution in [-0.4, -0.2) is 24.7 Å². The average molecular weight is 383 g/mol. The van der Waals surface area contributed by atoms with Gasteiger partial charge in [-0.25, -0.2) is 13.1 Å². The monoisotopic (exact) mass is 383 g/mol. The molecule has 4 nitrogen and oxygen atoms in total. The second-order valence-corrected chi connectivity index (χ2v) is 8.17. The summed E-state index contributed by atoms with van der Waals surface area (Å²) < 4.78 is 27.9. The largest absolute Gasteiger partial charge is 0.389 e. The summed E-state index contributed by atoms with van der Waals surface area (Å²) in [6.45, 7) is 6.45. The van der Waals surface area contributed by atoms with E-state index < -0.39 is 21.2 Å². The molecule has 1 aromatic rings. The minimum atomic E-state index is -3.63. The van der Waals surface area contributed by atoms with E-state index in [1.807, 2.05) is 0 Å². The van der Waals surface area contributed by atoms with Crippen LogP contribution in [0.3, 0.4) is 0 Å². The van der Waals surface area contributed by atoms with Crippen molar-refractivity contribution in [2.24, 2.45) is 0 Å². The first-order valence-corrected chi connectivity index (χ1v) is 8.04.